The number of halogens is 1. The molecule has 1 fully saturated rings. The van der Waals surface area contributed by atoms with E-state index in [2.05, 4.69) is 24.0 Å². The van der Waals surface area contributed by atoms with Gasteiger partial charge >= 0.3 is 5.97 Å². The number of likely N-dealkylation sites (tertiary alicyclic amines) is 1. The van der Waals surface area contributed by atoms with Crippen LogP contribution in [0, 0.1) is 17.7 Å². The molecule has 1 saturated heterocycles. The normalized spacial score (nSPS) is 20.1. The summed E-state index contributed by atoms with van der Waals surface area (Å²) >= 11 is 0. The van der Waals surface area contributed by atoms with Crippen LogP contribution >= 0.6 is 0 Å². The molecule has 1 aliphatic heterocycles. The molecular weight excluding hydrogens is 405 g/mol. The first kappa shape index (κ1) is 24.4. The number of benzene rings is 2. The van der Waals surface area contributed by atoms with Crippen molar-refractivity contribution in [2.45, 2.75) is 45.6 Å². The van der Waals surface area contributed by atoms with Crippen LogP contribution in [0.25, 0.3) is 0 Å². The van der Waals surface area contributed by atoms with E-state index in [-0.39, 0.29) is 17.9 Å². The van der Waals surface area contributed by atoms with E-state index in [0.717, 1.165) is 50.0 Å². The number of carbonyl (C=O) groups excluding carboxylic acids is 1. The van der Waals surface area contributed by atoms with Crippen molar-refractivity contribution in [3.8, 4) is 0 Å². The third-order valence-corrected chi connectivity index (χ3v) is 6.33. The first-order valence-corrected chi connectivity index (χ1v) is 11.9. The van der Waals surface area contributed by atoms with Gasteiger partial charge in [0.1, 0.15) is 11.9 Å². The van der Waals surface area contributed by atoms with E-state index in [4.69, 9.17) is 9.47 Å². The summed E-state index contributed by atoms with van der Waals surface area (Å²) in [7, 11) is 0. The van der Waals surface area contributed by atoms with Crippen LogP contribution in [-0.2, 0) is 14.3 Å². The zero-order chi connectivity index (χ0) is 22.8. The van der Waals surface area contributed by atoms with E-state index in [1.165, 1.54) is 12.1 Å². The van der Waals surface area contributed by atoms with Crippen LogP contribution in [-0.4, -0.2) is 43.7 Å². The number of hydrogen-bond acceptors (Lipinski definition) is 4. The lowest BCUT2D eigenvalue weighted by atomic mass is 9.84. The maximum absolute atomic E-state index is 13.4. The second-order valence-corrected chi connectivity index (χ2v) is 8.76. The minimum Gasteiger partial charge on any atom is -0.466 e. The molecule has 0 saturated carbocycles. The fraction of sp³-hybridized carbons (Fsp3) is 0.519. The van der Waals surface area contributed by atoms with E-state index < -0.39 is 0 Å². The lowest BCUT2D eigenvalue weighted by Crippen LogP contribution is -2.40. The average Bonchev–Trinajstić information content (AvgIpc) is 2.79. The summed E-state index contributed by atoms with van der Waals surface area (Å²) in [5.41, 5.74) is 2.05. The highest BCUT2D eigenvalue weighted by Crippen LogP contribution is 2.28. The van der Waals surface area contributed by atoms with Gasteiger partial charge in [0.05, 0.1) is 6.61 Å². The van der Waals surface area contributed by atoms with Gasteiger partial charge in [0.15, 0.2) is 0 Å². The molecule has 4 nitrogen and oxygen atoms in total. The molecule has 0 N–H and O–H groups in total. The number of hydrogen-bond donors (Lipinski definition) is 0. The Hall–Kier alpha value is -2.24. The van der Waals surface area contributed by atoms with Crippen LogP contribution in [0.15, 0.2) is 54.6 Å². The van der Waals surface area contributed by atoms with Crippen molar-refractivity contribution >= 4 is 5.97 Å². The fourth-order valence-corrected chi connectivity index (χ4v) is 4.51. The summed E-state index contributed by atoms with van der Waals surface area (Å²) < 4.78 is 24.7. The number of piperidine rings is 1. The number of ether oxygens (including phenoxy) is 2. The molecule has 0 amide bonds. The molecule has 2 aromatic rings. The third kappa shape index (κ3) is 7.42. The predicted octanol–water partition coefficient (Wildman–Crippen LogP) is 5.62. The maximum Gasteiger partial charge on any atom is 0.306 e. The number of nitrogens with zero attached hydrogens (tertiary/aromatic N) is 1. The van der Waals surface area contributed by atoms with Gasteiger partial charge in [-0.05, 0) is 74.4 Å². The van der Waals surface area contributed by atoms with Crippen molar-refractivity contribution in [1.29, 1.82) is 0 Å². The molecule has 5 heteroatoms. The number of rotatable bonds is 11. The SMILES string of the molecule is CCOC(=O)C[C@H]1CCN(CCCCOC(c2ccccc2)c2ccc(F)cc2)C[C@H]1C. The average molecular weight is 442 g/mol. The Kier molecular flexibility index (Phi) is 9.69. The van der Waals surface area contributed by atoms with Gasteiger partial charge in [0.25, 0.3) is 0 Å². The first-order valence-electron chi connectivity index (χ1n) is 11.9. The van der Waals surface area contributed by atoms with E-state index in [1.807, 2.05) is 25.1 Å². The molecule has 1 unspecified atom stereocenters. The standard InChI is InChI=1S/C27H36FNO3/c1-3-31-26(30)19-24-15-17-29(20-21(24)2)16-7-8-18-32-27(22-9-5-4-6-10-22)23-11-13-25(28)14-12-23/h4-6,9-14,21,24,27H,3,7-8,15-20H2,1-2H3/t21-,24-,27?/m1/s1. The Morgan fingerprint density at radius 2 is 1.81 bits per heavy atom. The van der Waals surface area contributed by atoms with E-state index in [1.54, 1.807) is 12.1 Å². The third-order valence-electron chi connectivity index (χ3n) is 6.33. The van der Waals surface area contributed by atoms with E-state index >= 15 is 0 Å². The molecule has 0 aromatic heterocycles. The lowest BCUT2D eigenvalue weighted by molar-refractivity contribution is -0.145. The predicted molar refractivity (Wildman–Crippen MR) is 125 cm³/mol. The van der Waals surface area contributed by atoms with Crippen LogP contribution in [0.4, 0.5) is 4.39 Å². The first-order chi connectivity index (χ1) is 15.6. The van der Waals surface area contributed by atoms with Crippen LogP contribution in [0.3, 0.4) is 0 Å². The lowest BCUT2D eigenvalue weighted by Gasteiger charge is -2.36. The van der Waals surface area contributed by atoms with Crippen molar-refractivity contribution in [1.82, 2.24) is 4.90 Å². The minimum absolute atomic E-state index is 0.0657. The molecule has 3 atom stereocenters. The fourth-order valence-electron chi connectivity index (χ4n) is 4.51. The van der Waals surface area contributed by atoms with Crippen molar-refractivity contribution in [3.63, 3.8) is 0 Å². The molecule has 0 bridgehead atoms. The van der Waals surface area contributed by atoms with Gasteiger partial charge in [0.2, 0.25) is 0 Å². The van der Waals surface area contributed by atoms with Gasteiger partial charge in [-0.3, -0.25) is 4.79 Å². The highest BCUT2D eigenvalue weighted by molar-refractivity contribution is 5.69. The van der Waals surface area contributed by atoms with Crippen molar-refractivity contribution in [3.05, 3.63) is 71.5 Å². The zero-order valence-electron chi connectivity index (χ0n) is 19.3. The Labute approximate surface area is 191 Å². The highest BCUT2D eigenvalue weighted by Gasteiger charge is 2.28. The van der Waals surface area contributed by atoms with Crippen LogP contribution in [0.1, 0.15) is 56.8 Å². The van der Waals surface area contributed by atoms with Crippen molar-refractivity contribution < 1.29 is 18.7 Å². The Balaban J connectivity index is 1.42. The van der Waals surface area contributed by atoms with Crippen LogP contribution in [0.2, 0.25) is 0 Å². The molecule has 0 radical (unpaired) electrons. The van der Waals surface area contributed by atoms with Gasteiger partial charge in [-0.1, -0.05) is 49.4 Å². The summed E-state index contributed by atoms with van der Waals surface area (Å²) in [6.45, 7) is 8.34. The number of carbonyl (C=O) groups is 1. The van der Waals surface area contributed by atoms with E-state index in [0.29, 0.717) is 31.5 Å². The largest absolute Gasteiger partial charge is 0.466 e. The molecule has 1 aliphatic rings. The molecule has 0 aliphatic carbocycles. The summed E-state index contributed by atoms with van der Waals surface area (Å²) in [4.78, 5) is 14.3. The van der Waals surface area contributed by atoms with Gasteiger partial charge < -0.3 is 14.4 Å². The second kappa shape index (κ2) is 12.7. The van der Waals surface area contributed by atoms with Gasteiger partial charge in [-0.25, -0.2) is 4.39 Å². The Bertz CT molecular complexity index is 811. The second-order valence-electron chi connectivity index (χ2n) is 8.76. The topological polar surface area (TPSA) is 38.8 Å². The van der Waals surface area contributed by atoms with E-state index in [9.17, 15) is 9.18 Å². The summed E-state index contributed by atoms with van der Waals surface area (Å²) in [6.07, 6.45) is 3.45. The highest BCUT2D eigenvalue weighted by atomic mass is 19.1. The molecule has 32 heavy (non-hydrogen) atoms. The Morgan fingerprint density at radius 1 is 1.09 bits per heavy atom. The summed E-state index contributed by atoms with van der Waals surface area (Å²) in [6, 6.07) is 16.7. The molecular formula is C27H36FNO3. The van der Waals surface area contributed by atoms with Gasteiger partial charge in [-0.2, -0.15) is 0 Å². The smallest absolute Gasteiger partial charge is 0.306 e. The molecule has 174 valence electrons. The van der Waals surface area contributed by atoms with Gasteiger partial charge in [-0.15, -0.1) is 0 Å². The van der Waals surface area contributed by atoms with Crippen molar-refractivity contribution in [2.75, 3.05) is 32.8 Å². The number of unbranched alkanes of at least 4 members (excludes halogenated alkanes) is 1. The van der Waals surface area contributed by atoms with Crippen molar-refractivity contribution in [2.24, 2.45) is 11.8 Å². The molecule has 3 rings (SSSR count). The van der Waals surface area contributed by atoms with Gasteiger partial charge in [0, 0.05) is 19.6 Å². The summed E-state index contributed by atoms with van der Waals surface area (Å²) in [5, 5.41) is 0. The molecule has 1 heterocycles. The Morgan fingerprint density at radius 3 is 2.50 bits per heavy atom. The maximum atomic E-state index is 13.4. The quantitative estimate of drug-likeness (QED) is 0.335. The summed E-state index contributed by atoms with van der Waals surface area (Å²) in [5.74, 6) is 0.631. The molecule has 2 aromatic carbocycles. The minimum atomic E-state index is -0.235. The monoisotopic (exact) mass is 441 g/mol. The van der Waals surface area contributed by atoms with Crippen LogP contribution < -0.4 is 0 Å². The van der Waals surface area contributed by atoms with Crippen LogP contribution in [0.5, 0.6) is 0 Å². The number of esters is 1. The zero-order valence-corrected chi connectivity index (χ0v) is 19.3. The molecule has 0 spiro atoms.